The van der Waals surface area contributed by atoms with E-state index in [1.54, 1.807) is 6.07 Å². The summed E-state index contributed by atoms with van der Waals surface area (Å²) in [4.78, 5) is 10.1. The van der Waals surface area contributed by atoms with Crippen molar-refractivity contribution in [2.75, 3.05) is 0 Å². The van der Waals surface area contributed by atoms with E-state index in [1.807, 2.05) is 31.4 Å². The van der Waals surface area contributed by atoms with E-state index in [0.717, 1.165) is 44.8 Å². The Bertz CT molecular complexity index is 2800. The molecule has 0 radical (unpaired) electrons. The molecule has 57 heavy (non-hydrogen) atoms. The first kappa shape index (κ1) is 38.0. The SMILES string of the molecule is Cc1cc2cc(C(C)(C)C)cc(-c3ccnc(-c4cccc(-c5cccc6c5nc(-c5ccccc5O)n6C)c4)c3)c2n1-c1cc(C(C)(C)C)cc(C(C)(C)C)c1. The lowest BCUT2D eigenvalue weighted by Crippen LogP contribution is -2.17. The summed E-state index contributed by atoms with van der Waals surface area (Å²) in [6, 6.07) is 41.0. The third kappa shape index (κ3) is 6.94. The van der Waals surface area contributed by atoms with Crippen molar-refractivity contribution in [2.24, 2.45) is 7.05 Å². The molecule has 0 saturated carbocycles. The highest BCUT2D eigenvalue weighted by molar-refractivity contribution is 5.99. The first-order valence-electron chi connectivity index (χ1n) is 20.0. The summed E-state index contributed by atoms with van der Waals surface area (Å²) in [5.74, 6) is 0.941. The minimum atomic E-state index is -0.0414. The maximum absolute atomic E-state index is 10.7. The molecule has 0 spiro atoms. The maximum atomic E-state index is 10.7. The zero-order valence-corrected chi connectivity index (χ0v) is 35.3. The lowest BCUT2D eigenvalue weighted by molar-refractivity contribution is 0.476. The third-order valence-electron chi connectivity index (χ3n) is 11.5. The Morgan fingerprint density at radius 3 is 1.86 bits per heavy atom. The lowest BCUT2D eigenvalue weighted by atomic mass is 9.80. The molecule has 0 aliphatic heterocycles. The number of benzene rings is 5. The van der Waals surface area contributed by atoms with Gasteiger partial charge < -0.3 is 14.2 Å². The van der Waals surface area contributed by atoms with E-state index in [2.05, 4.69) is 169 Å². The van der Waals surface area contributed by atoms with Crippen LogP contribution in [0.1, 0.15) is 84.7 Å². The number of rotatable bonds is 5. The Morgan fingerprint density at radius 1 is 0.561 bits per heavy atom. The van der Waals surface area contributed by atoms with Crippen LogP contribution in [0, 0.1) is 6.92 Å². The van der Waals surface area contributed by atoms with Gasteiger partial charge in [0.25, 0.3) is 0 Å². The van der Waals surface area contributed by atoms with Crippen LogP contribution in [0.5, 0.6) is 5.75 Å². The lowest BCUT2D eigenvalue weighted by Gasteiger charge is -2.27. The zero-order chi connectivity index (χ0) is 40.6. The van der Waals surface area contributed by atoms with E-state index in [9.17, 15) is 5.11 Å². The van der Waals surface area contributed by atoms with Crippen LogP contribution in [0.25, 0.3) is 72.5 Å². The average molecular weight is 751 g/mol. The molecule has 0 saturated heterocycles. The fraction of sp³-hybridized carbons (Fsp3) is 0.269. The van der Waals surface area contributed by atoms with Crippen LogP contribution < -0.4 is 0 Å². The average Bonchev–Trinajstić information content (AvgIpc) is 3.69. The van der Waals surface area contributed by atoms with Crippen LogP contribution in [-0.2, 0) is 23.3 Å². The van der Waals surface area contributed by atoms with Crippen molar-refractivity contribution in [1.29, 1.82) is 0 Å². The van der Waals surface area contributed by atoms with Crippen LogP contribution in [0.15, 0.2) is 121 Å². The summed E-state index contributed by atoms with van der Waals surface area (Å²) in [5.41, 5.74) is 16.5. The van der Waals surface area contributed by atoms with Gasteiger partial charge in [0.05, 0.1) is 27.8 Å². The Morgan fingerprint density at radius 2 is 1.18 bits per heavy atom. The normalized spacial score (nSPS) is 12.5. The Balaban J connectivity index is 1.29. The van der Waals surface area contributed by atoms with Gasteiger partial charge in [0.1, 0.15) is 11.6 Å². The van der Waals surface area contributed by atoms with Crippen LogP contribution >= 0.6 is 0 Å². The molecule has 0 amide bonds. The predicted octanol–water partition coefficient (Wildman–Crippen LogP) is 13.5. The molecule has 0 atom stereocenters. The summed E-state index contributed by atoms with van der Waals surface area (Å²) in [5, 5.41) is 11.9. The van der Waals surface area contributed by atoms with Gasteiger partial charge in [-0.05, 0) is 118 Å². The summed E-state index contributed by atoms with van der Waals surface area (Å²) in [7, 11) is 2.00. The first-order valence-corrected chi connectivity index (χ1v) is 20.0. The Hall–Kier alpha value is -5.94. The van der Waals surface area contributed by atoms with Crippen molar-refractivity contribution in [3.8, 4) is 56.3 Å². The van der Waals surface area contributed by atoms with Gasteiger partial charge in [0, 0.05) is 46.7 Å². The summed E-state index contributed by atoms with van der Waals surface area (Å²) in [6.07, 6.45) is 1.95. The first-order chi connectivity index (χ1) is 26.9. The minimum absolute atomic E-state index is 0.00110. The number of phenols is 1. The highest BCUT2D eigenvalue weighted by Crippen LogP contribution is 2.41. The van der Waals surface area contributed by atoms with Crippen LogP contribution in [0.3, 0.4) is 0 Å². The third-order valence-corrected chi connectivity index (χ3v) is 11.5. The van der Waals surface area contributed by atoms with Gasteiger partial charge in [-0.15, -0.1) is 0 Å². The highest BCUT2D eigenvalue weighted by Gasteiger charge is 2.25. The van der Waals surface area contributed by atoms with Crippen molar-refractivity contribution in [2.45, 2.75) is 85.5 Å². The van der Waals surface area contributed by atoms with Gasteiger partial charge >= 0.3 is 0 Å². The summed E-state index contributed by atoms with van der Waals surface area (Å²) in [6.45, 7) is 22.9. The molecule has 8 aromatic rings. The molecule has 0 unspecified atom stereocenters. The van der Waals surface area contributed by atoms with E-state index in [0.29, 0.717) is 5.56 Å². The molecule has 0 fully saturated rings. The summed E-state index contributed by atoms with van der Waals surface area (Å²) < 4.78 is 4.52. The van der Waals surface area contributed by atoms with Gasteiger partial charge in [-0.1, -0.05) is 111 Å². The highest BCUT2D eigenvalue weighted by atomic mass is 16.3. The number of aromatic hydroxyl groups is 1. The molecule has 3 aromatic heterocycles. The topological polar surface area (TPSA) is 55.9 Å². The van der Waals surface area contributed by atoms with Crippen LogP contribution in [0.2, 0.25) is 0 Å². The number of nitrogens with zero attached hydrogens (tertiary/aromatic N) is 4. The number of hydrogen-bond acceptors (Lipinski definition) is 3. The monoisotopic (exact) mass is 750 g/mol. The number of fused-ring (bicyclic) bond motifs is 2. The van der Waals surface area contributed by atoms with Crippen molar-refractivity contribution in [3.63, 3.8) is 0 Å². The number of aryl methyl sites for hydroxylation is 2. The number of phenolic OH excluding ortho intramolecular Hbond substituents is 1. The second kappa shape index (κ2) is 13.6. The minimum Gasteiger partial charge on any atom is -0.507 e. The predicted molar refractivity (Wildman–Crippen MR) is 240 cm³/mol. The van der Waals surface area contributed by atoms with Gasteiger partial charge in [0.15, 0.2) is 0 Å². The molecule has 8 rings (SSSR count). The number of aromatic nitrogens is 4. The molecule has 3 heterocycles. The molecule has 1 N–H and O–H groups in total. The van der Waals surface area contributed by atoms with E-state index >= 15 is 0 Å². The molecule has 0 bridgehead atoms. The van der Waals surface area contributed by atoms with Crippen molar-refractivity contribution in [1.82, 2.24) is 19.1 Å². The van der Waals surface area contributed by atoms with E-state index in [-0.39, 0.29) is 22.0 Å². The maximum Gasteiger partial charge on any atom is 0.144 e. The second-order valence-electron chi connectivity index (χ2n) is 18.8. The largest absolute Gasteiger partial charge is 0.507 e. The number of imidazole rings is 1. The Kier molecular flexibility index (Phi) is 9.07. The van der Waals surface area contributed by atoms with Crippen molar-refractivity contribution < 1.29 is 5.11 Å². The summed E-state index contributed by atoms with van der Waals surface area (Å²) >= 11 is 0. The van der Waals surface area contributed by atoms with E-state index < -0.39 is 0 Å². The van der Waals surface area contributed by atoms with Gasteiger partial charge in [-0.25, -0.2) is 4.98 Å². The number of hydrogen-bond donors (Lipinski definition) is 1. The zero-order valence-electron chi connectivity index (χ0n) is 35.3. The van der Waals surface area contributed by atoms with Crippen LogP contribution in [0.4, 0.5) is 0 Å². The molecular formula is C52H54N4O. The Labute approximate surface area is 337 Å². The van der Waals surface area contributed by atoms with E-state index in [4.69, 9.17) is 9.97 Å². The standard InChI is InChI=1S/C52H54N4O/c1-32-24-36-26-37(50(2,3)4)31-43(48(36)56(32)40-29-38(51(5,6)7)28-39(30-40)52(8,9)10)34-22-23-53-44(27-34)35-17-14-16-33(25-35)41-19-15-20-45-47(41)54-49(55(45)11)42-18-12-13-21-46(42)57/h12-31,57H,1-11H3. The molecule has 5 nitrogen and oxygen atoms in total. The van der Waals surface area contributed by atoms with Gasteiger partial charge in [-0.2, -0.15) is 0 Å². The molecule has 0 aliphatic rings. The molecule has 288 valence electrons. The fourth-order valence-corrected chi connectivity index (χ4v) is 8.03. The fourth-order valence-electron chi connectivity index (χ4n) is 8.03. The van der Waals surface area contributed by atoms with Gasteiger partial charge in [0.2, 0.25) is 0 Å². The quantitative estimate of drug-likeness (QED) is 0.191. The molecular weight excluding hydrogens is 697 g/mol. The van der Waals surface area contributed by atoms with Crippen molar-refractivity contribution >= 4 is 21.9 Å². The molecule has 5 aromatic carbocycles. The second-order valence-corrected chi connectivity index (χ2v) is 18.8. The number of pyridine rings is 1. The smallest absolute Gasteiger partial charge is 0.144 e. The number of para-hydroxylation sites is 2. The van der Waals surface area contributed by atoms with Crippen molar-refractivity contribution in [3.05, 3.63) is 144 Å². The van der Waals surface area contributed by atoms with Gasteiger partial charge in [-0.3, -0.25) is 4.98 Å². The van der Waals surface area contributed by atoms with Crippen LogP contribution in [-0.4, -0.2) is 24.2 Å². The molecule has 0 aliphatic carbocycles. The molecule has 5 heteroatoms. The van der Waals surface area contributed by atoms with E-state index in [1.165, 1.54) is 44.5 Å².